The van der Waals surface area contributed by atoms with Crippen molar-refractivity contribution in [3.63, 3.8) is 0 Å². The molecule has 1 spiro atoms. The summed E-state index contributed by atoms with van der Waals surface area (Å²) in [6, 6.07) is 9.52. The lowest BCUT2D eigenvalue weighted by atomic mass is 9.83. The topological polar surface area (TPSA) is 62.3 Å². The summed E-state index contributed by atoms with van der Waals surface area (Å²) in [4.78, 5) is 2.15. The molecule has 0 amide bonds. The molecule has 0 unspecified atom stereocenters. The summed E-state index contributed by atoms with van der Waals surface area (Å²) in [5, 5.41) is 13.6. The van der Waals surface area contributed by atoms with Crippen LogP contribution in [0.15, 0.2) is 28.8 Å². The molecule has 118 valence electrons. The number of nitriles is 1. The Morgan fingerprint density at radius 2 is 2.09 bits per heavy atom. The predicted octanol–water partition coefficient (Wildman–Crippen LogP) is 3.56. The molecule has 1 fully saturated rings. The minimum absolute atomic E-state index is 0.115. The summed E-state index contributed by atoms with van der Waals surface area (Å²) in [5.41, 5.74) is 1.01. The maximum Gasteiger partial charge on any atom is 0.238 e. The number of ether oxygens (including phenoxy) is 1. The number of fused-ring (bicyclic) bond motifs is 1. The van der Waals surface area contributed by atoms with E-state index in [1.165, 1.54) is 0 Å². The normalized spacial score (nSPS) is 19.0. The van der Waals surface area contributed by atoms with Crippen molar-refractivity contribution in [3.05, 3.63) is 40.6 Å². The van der Waals surface area contributed by atoms with Gasteiger partial charge in [-0.1, -0.05) is 22.8 Å². The van der Waals surface area contributed by atoms with Gasteiger partial charge in [0.05, 0.1) is 0 Å². The Balaban J connectivity index is 1.48. The van der Waals surface area contributed by atoms with E-state index in [-0.39, 0.29) is 11.4 Å². The lowest BCUT2D eigenvalue weighted by Crippen LogP contribution is -2.50. The second-order valence-electron chi connectivity index (χ2n) is 6.15. The van der Waals surface area contributed by atoms with Crippen LogP contribution in [0, 0.1) is 11.3 Å². The van der Waals surface area contributed by atoms with Crippen LogP contribution in [0.25, 0.3) is 0 Å². The fourth-order valence-electron chi connectivity index (χ4n) is 3.48. The average molecular weight is 330 g/mol. The average Bonchev–Trinajstić information content (AvgIpc) is 3.05. The minimum Gasteiger partial charge on any atom is -0.487 e. The first kappa shape index (κ1) is 14.4. The van der Waals surface area contributed by atoms with Crippen LogP contribution in [0.5, 0.6) is 5.75 Å². The molecular weight excluding hydrogens is 314 g/mol. The first-order valence-corrected chi connectivity index (χ1v) is 8.15. The number of piperidine rings is 1. The molecule has 0 N–H and O–H groups in total. The van der Waals surface area contributed by atoms with Crippen molar-refractivity contribution in [1.82, 2.24) is 5.16 Å². The van der Waals surface area contributed by atoms with Gasteiger partial charge >= 0.3 is 0 Å². The summed E-state index contributed by atoms with van der Waals surface area (Å²) >= 11 is 6.26. The van der Waals surface area contributed by atoms with E-state index in [1.807, 2.05) is 24.3 Å². The highest BCUT2D eigenvalue weighted by Gasteiger charge is 2.40. The highest BCUT2D eigenvalue weighted by molar-refractivity contribution is 6.31. The SMILES string of the molecule is N#Cc1cc(N2CCC3(CCc4c(Cl)cccc4O3)CC2)no1. The van der Waals surface area contributed by atoms with Crippen LogP contribution in [0.1, 0.15) is 30.6 Å². The highest BCUT2D eigenvalue weighted by atomic mass is 35.5. The number of halogens is 1. The summed E-state index contributed by atoms with van der Waals surface area (Å²) in [6.07, 6.45) is 3.79. The maximum absolute atomic E-state index is 8.83. The van der Waals surface area contributed by atoms with Crippen LogP contribution in [-0.4, -0.2) is 23.8 Å². The summed E-state index contributed by atoms with van der Waals surface area (Å²) in [5.74, 6) is 1.90. The largest absolute Gasteiger partial charge is 0.487 e. The second kappa shape index (κ2) is 5.47. The van der Waals surface area contributed by atoms with Gasteiger partial charge in [-0.05, 0) is 25.0 Å². The van der Waals surface area contributed by atoms with E-state index in [9.17, 15) is 0 Å². The molecule has 3 heterocycles. The van der Waals surface area contributed by atoms with Crippen molar-refractivity contribution in [2.45, 2.75) is 31.3 Å². The minimum atomic E-state index is -0.115. The molecular formula is C17H16ClN3O2. The van der Waals surface area contributed by atoms with E-state index in [1.54, 1.807) is 6.07 Å². The third kappa shape index (κ3) is 2.53. The quantitative estimate of drug-likeness (QED) is 0.800. The highest BCUT2D eigenvalue weighted by Crippen LogP contribution is 2.42. The molecule has 5 nitrogen and oxygen atoms in total. The van der Waals surface area contributed by atoms with Gasteiger partial charge in [-0.25, -0.2) is 0 Å². The fraction of sp³-hybridized carbons (Fsp3) is 0.412. The summed E-state index contributed by atoms with van der Waals surface area (Å²) < 4.78 is 11.3. The van der Waals surface area contributed by atoms with Gasteiger partial charge in [-0.3, -0.25) is 0 Å². The van der Waals surface area contributed by atoms with Crippen LogP contribution in [0.2, 0.25) is 5.02 Å². The van der Waals surface area contributed by atoms with Crippen molar-refractivity contribution in [2.75, 3.05) is 18.0 Å². The third-order valence-corrected chi connectivity index (χ3v) is 5.19. The van der Waals surface area contributed by atoms with E-state index in [2.05, 4.69) is 10.1 Å². The Labute approximate surface area is 139 Å². The number of nitrogens with zero attached hydrogens (tertiary/aromatic N) is 3. The van der Waals surface area contributed by atoms with E-state index in [4.69, 9.17) is 26.1 Å². The number of benzene rings is 1. The molecule has 2 aliphatic heterocycles. The van der Waals surface area contributed by atoms with Gasteiger partial charge in [0.1, 0.15) is 17.4 Å². The van der Waals surface area contributed by atoms with Gasteiger partial charge in [0, 0.05) is 42.6 Å². The number of rotatable bonds is 1. The number of hydrogen-bond acceptors (Lipinski definition) is 5. The third-order valence-electron chi connectivity index (χ3n) is 4.84. The van der Waals surface area contributed by atoms with Gasteiger partial charge in [0.15, 0.2) is 5.82 Å². The summed E-state index contributed by atoms with van der Waals surface area (Å²) in [7, 11) is 0. The Morgan fingerprint density at radius 3 is 2.83 bits per heavy atom. The number of hydrogen-bond donors (Lipinski definition) is 0. The van der Waals surface area contributed by atoms with E-state index in [0.717, 1.165) is 60.9 Å². The molecule has 0 aliphatic carbocycles. The first-order chi connectivity index (χ1) is 11.2. The first-order valence-electron chi connectivity index (χ1n) is 7.77. The second-order valence-corrected chi connectivity index (χ2v) is 6.56. The van der Waals surface area contributed by atoms with Crippen LogP contribution in [-0.2, 0) is 6.42 Å². The molecule has 1 saturated heterocycles. The molecule has 0 saturated carbocycles. The molecule has 4 rings (SSSR count). The lowest BCUT2D eigenvalue weighted by Gasteiger charge is -2.44. The number of anilines is 1. The van der Waals surface area contributed by atoms with E-state index < -0.39 is 0 Å². The van der Waals surface area contributed by atoms with Crippen LogP contribution >= 0.6 is 11.6 Å². The summed E-state index contributed by atoms with van der Waals surface area (Å²) in [6.45, 7) is 1.68. The van der Waals surface area contributed by atoms with Crippen molar-refractivity contribution in [3.8, 4) is 11.8 Å². The van der Waals surface area contributed by atoms with Crippen molar-refractivity contribution < 1.29 is 9.26 Å². The van der Waals surface area contributed by atoms with Crippen molar-refractivity contribution >= 4 is 17.4 Å². The Hall–Kier alpha value is -2.19. The standard InChI is InChI=1S/C17H16ClN3O2/c18-14-2-1-3-15-13(14)4-5-17(22-15)6-8-21(9-7-17)16-10-12(11-19)23-20-16/h1-3,10H,4-9H2. The van der Waals surface area contributed by atoms with Gasteiger partial charge in [-0.15, -0.1) is 0 Å². The monoisotopic (exact) mass is 329 g/mol. The van der Waals surface area contributed by atoms with Crippen LogP contribution in [0.4, 0.5) is 5.82 Å². The van der Waals surface area contributed by atoms with Crippen LogP contribution in [0.3, 0.4) is 0 Å². The molecule has 2 aliphatic rings. The fourth-order valence-corrected chi connectivity index (χ4v) is 3.74. The maximum atomic E-state index is 8.83. The van der Waals surface area contributed by atoms with Gasteiger partial charge in [0.25, 0.3) is 0 Å². The smallest absolute Gasteiger partial charge is 0.238 e. The molecule has 23 heavy (non-hydrogen) atoms. The predicted molar refractivity (Wildman–Crippen MR) is 85.8 cm³/mol. The van der Waals surface area contributed by atoms with E-state index in [0.29, 0.717) is 0 Å². The molecule has 0 bridgehead atoms. The molecule has 0 radical (unpaired) electrons. The zero-order valence-corrected chi connectivity index (χ0v) is 13.3. The Morgan fingerprint density at radius 1 is 1.26 bits per heavy atom. The van der Waals surface area contributed by atoms with Crippen LogP contribution < -0.4 is 9.64 Å². The van der Waals surface area contributed by atoms with Gasteiger partial charge in [0.2, 0.25) is 5.76 Å². The van der Waals surface area contributed by atoms with Gasteiger partial charge in [-0.2, -0.15) is 5.26 Å². The zero-order valence-electron chi connectivity index (χ0n) is 12.6. The van der Waals surface area contributed by atoms with Crippen molar-refractivity contribution in [2.24, 2.45) is 0 Å². The molecule has 2 aromatic rings. The molecule has 1 aromatic heterocycles. The van der Waals surface area contributed by atoms with Crippen molar-refractivity contribution in [1.29, 1.82) is 5.26 Å². The Bertz CT molecular complexity index is 772. The van der Waals surface area contributed by atoms with Gasteiger partial charge < -0.3 is 14.2 Å². The number of aromatic nitrogens is 1. The Kier molecular flexibility index (Phi) is 3.42. The van der Waals surface area contributed by atoms with E-state index >= 15 is 0 Å². The molecule has 0 atom stereocenters. The molecule has 6 heteroatoms. The lowest BCUT2D eigenvalue weighted by molar-refractivity contribution is 0.0224. The molecule has 1 aromatic carbocycles. The zero-order chi connectivity index (χ0) is 15.9.